The summed E-state index contributed by atoms with van der Waals surface area (Å²) in [5, 5.41) is 23.0. The molecule has 0 radical (unpaired) electrons. The van der Waals surface area contributed by atoms with E-state index in [1.807, 2.05) is 6.92 Å². The smallest absolute Gasteiger partial charge is 0.338 e. The second kappa shape index (κ2) is 7.24. The fourth-order valence-corrected chi connectivity index (χ4v) is 2.94. The highest BCUT2D eigenvalue weighted by molar-refractivity contribution is 5.94. The molecule has 9 nitrogen and oxygen atoms in total. The molecule has 0 bridgehead atoms. The van der Waals surface area contributed by atoms with Gasteiger partial charge < -0.3 is 9.64 Å². The van der Waals surface area contributed by atoms with E-state index in [0.717, 1.165) is 31.4 Å². The van der Waals surface area contributed by atoms with Crippen LogP contribution in [0.2, 0.25) is 0 Å². The van der Waals surface area contributed by atoms with Gasteiger partial charge in [-0.05, 0) is 33.1 Å². The third-order valence-corrected chi connectivity index (χ3v) is 4.06. The number of nitro benzene ring substituents is 2. The molecule has 1 aromatic carbocycles. The first-order chi connectivity index (χ1) is 11.4. The molecule has 0 aliphatic carbocycles. The summed E-state index contributed by atoms with van der Waals surface area (Å²) in [6.45, 7) is 4.04. The maximum Gasteiger partial charge on any atom is 0.338 e. The maximum absolute atomic E-state index is 11.9. The van der Waals surface area contributed by atoms with E-state index < -0.39 is 27.2 Å². The molecular formula is C15H19N3O6. The quantitative estimate of drug-likeness (QED) is 0.460. The van der Waals surface area contributed by atoms with Gasteiger partial charge in [-0.15, -0.1) is 0 Å². The highest BCUT2D eigenvalue weighted by Crippen LogP contribution is 2.41. The SMILES string of the molecule is CCOC(=O)c1cc([N+](=O)[O-])c(N2CCCCC2C)c([N+](=O)[O-])c1. The lowest BCUT2D eigenvalue weighted by Crippen LogP contribution is -2.38. The number of hydrogen-bond acceptors (Lipinski definition) is 7. The number of esters is 1. The van der Waals surface area contributed by atoms with E-state index in [-0.39, 0.29) is 23.9 Å². The summed E-state index contributed by atoms with van der Waals surface area (Å²) in [4.78, 5) is 35.1. The van der Waals surface area contributed by atoms with Crippen molar-refractivity contribution in [3.8, 4) is 0 Å². The summed E-state index contributed by atoms with van der Waals surface area (Å²) in [5.41, 5.74) is -1.11. The molecule has 0 amide bonds. The topological polar surface area (TPSA) is 116 Å². The first-order valence-corrected chi connectivity index (χ1v) is 7.77. The van der Waals surface area contributed by atoms with Crippen molar-refractivity contribution in [2.24, 2.45) is 0 Å². The van der Waals surface area contributed by atoms with Crippen LogP contribution in [0, 0.1) is 20.2 Å². The molecule has 0 spiro atoms. The zero-order valence-electron chi connectivity index (χ0n) is 13.6. The molecule has 1 aromatic rings. The molecule has 1 heterocycles. The van der Waals surface area contributed by atoms with Gasteiger partial charge in [0.05, 0.1) is 22.0 Å². The number of rotatable bonds is 5. The number of carbonyl (C=O) groups is 1. The summed E-state index contributed by atoms with van der Waals surface area (Å²) in [6.07, 6.45) is 2.58. The number of nitro groups is 2. The Morgan fingerprint density at radius 3 is 2.29 bits per heavy atom. The minimum atomic E-state index is -0.818. The van der Waals surface area contributed by atoms with Crippen LogP contribution in [0.1, 0.15) is 43.5 Å². The molecular weight excluding hydrogens is 318 g/mol. The molecule has 1 aliphatic rings. The number of hydrogen-bond donors (Lipinski definition) is 0. The summed E-state index contributed by atoms with van der Waals surface area (Å²) < 4.78 is 4.81. The second-order valence-electron chi connectivity index (χ2n) is 5.64. The average Bonchev–Trinajstić information content (AvgIpc) is 2.54. The summed E-state index contributed by atoms with van der Waals surface area (Å²) >= 11 is 0. The number of anilines is 1. The predicted molar refractivity (Wildman–Crippen MR) is 86.4 cm³/mol. The third kappa shape index (κ3) is 3.44. The van der Waals surface area contributed by atoms with Gasteiger partial charge in [0.15, 0.2) is 5.69 Å². The number of ether oxygens (including phenoxy) is 1. The number of benzene rings is 1. The van der Waals surface area contributed by atoms with Crippen LogP contribution in [0.4, 0.5) is 17.1 Å². The van der Waals surface area contributed by atoms with Gasteiger partial charge in [0.25, 0.3) is 0 Å². The van der Waals surface area contributed by atoms with Gasteiger partial charge in [-0.25, -0.2) is 4.79 Å². The van der Waals surface area contributed by atoms with Gasteiger partial charge in [0, 0.05) is 24.7 Å². The molecule has 1 atom stereocenters. The highest BCUT2D eigenvalue weighted by Gasteiger charge is 2.35. The predicted octanol–water partition coefficient (Wildman–Crippen LogP) is 3.06. The molecule has 0 saturated carbocycles. The van der Waals surface area contributed by atoms with Crippen molar-refractivity contribution in [3.63, 3.8) is 0 Å². The molecule has 9 heteroatoms. The van der Waals surface area contributed by atoms with E-state index in [9.17, 15) is 25.0 Å². The fourth-order valence-electron chi connectivity index (χ4n) is 2.94. The Labute approximate surface area is 138 Å². The largest absolute Gasteiger partial charge is 0.462 e. The highest BCUT2D eigenvalue weighted by atomic mass is 16.6. The minimum Gasteiger partial charge on any atom is -0.462 e. The van der Waals surface area contributed by atoms with Crippen LogP contribution >= 0.6 is 0 Å². The number of nitrogens with zero attached hydrogens (tertiary/aromatic N) is 3. The van der Waals surface area contributed by atoms with E-state index in [0.29, 0.717) is 6.54 Å². The lowest BCUT2D eigenvalue weighted by molar-refractivity contribution is -0.392. The van der Waals surface area contributed by atoms with Crippen LogP contribution in [-0.2, 0) is 4.74 Å². The Morgan fingerprint density at radius 2 is 1.83 bits per heavy atom. The van der Waals surface area contributed by atoms with E-state index in [4.69, 9.17) is 4.74 Å². The lowest BCUT2D eigenvalue weighted by atomic mass is 10.0. The van der Waals surface area contributed by atoms with Gasteiger partial charge in [-0.2, -0.15) is 0 Å². The molecule has 0 N–H and O–H groups in total. The van der Waals surface area contributed by atoms with Crippen LogP contribution in [0.25, 0.3) is 0 Å². The van der Waals surface area contributed by atoms with Gasteiger partial charge in [0.1, 0.15) is 0 Å². The molecule has 2 rings (SSSR count). The van der Waals surface area contributed by atoms with Crippen LogP contribution < -0.4 is 4.90 Å². The van der Waals surface area contributed by atoms with Gasteiger partial charge in [-0.3, -0.25) is 20.2 Å². The van der Waals surface area contributed by atoms with Crippen molar-refractivity contribution in [3.05, 3.63) is 37.9 Å². The Kier molecular flexibility index (Phi) is 5.32. The Bertz CT molecular complexity index is 640. The molecule has 1 fully saturated rings. The van der Waals surface area contributed by atoms with Gasteiger partial charge >= 0.3 is 17.3 Å². The van der Waals surface area contributed by atoms with E-state index in [1.54, 1.807) is 11.8 Å². The summed E-state index contributed by atoms with van der Waals surface area (Å²) in [5.74, 6) is -0.818. The monoisotopic (exact) mass is 337 g/mol. The third-order valence-electron chi connectivity index (χ3n) is 4.06. The zero-order chi connectivity index (χ0) is 17.9. The van der Waals surface area contributed by atoms with Gasteiger partial charge in [0.2, 0.25) is 0 Å². The molecule has 1 saturated heterocycles. The van der Waals surface area contributed by atoms with Crippen molar-refractivity contribution in [1.29, 1.82) is 0 Å². The van der Waals surface area contributed by atoms with Crippen molar-refractivity contribution in [2.45, 2.75) is 39.2 Å². The maximum atomic E-state index is 11.9. The normalized spacial score (nSPS) is 17.4. The van der Waals surface area contributed by atoms with Crippen molar-refractivity contribution in [2.75, 3.05) is 18.1 Å². The van der Waals surface area contributed by atoms with Gasteiger partial charge in [-0.1, -0.05) is 0 Å². The first-order valence-electron chi connectivity index (χ1n) is 7.77. The fraction of sp³-hybridized carbons (Fsp3) is 0.533. The van der Waals surface area contributed by atoms with Crippen molar-refractivity contribution in [1.82, 2.24) is 0 Å². The van der Waals surface area contributed by atoms with Crippen LogP contribution in [0.3, 0.4) is 0 Å². The van der Waals surface area contributed by atoms with Crippen LogP contribution in [0.5, 0.6) is 0 Å². The van der Waals surface area contributed by atoms with Crippen molar-refractivity contribution < 1.29 is 19.4 Å². The van der Waals surface area contributed by atoms with Crippen LogP contribution in [0.15, 0.2) is 12.1 Å². The van der Waals surface area contributed by atoms with Crippen LogP contribution in [-0.4, -0.2) is 35.0 Å². The zero-order valence-corrected chi connectivity index (χ0v) is 13.6. The molecule has 1 aliphatic heterocycles. The first kappa shape index (κ1) is 17.6. The Hall–Kier alpha value is -2.71. The molecule has 130 valence electrons. The van der Waals surface area contributed by atoms with E-state index >= 15 is 0 Å². The Morgan fingerprint density at radius 1 is 1.25 bits per heavy atom. The number of carbonyl (C=O) groups excluding carboxylic acids is 1. The van der Waals surface area contributed by atoms with E-state index in [1.165, 1.54) is 0 Å². The standard InChI is InChI=1S/C15H19N3O6/c1-3-24-15(19)11-8-12(17(20)21)14(13(9-11)18(22)23)16-7-5-4-6-10(16)2/h8-10H,3-7H2,1-2H3. The average molecular weight is 337 g/mol. The summed E-state index contributed by atoms with van der Waals surface area (Å²) in [6, 6.07) is 2.06. The summed E-state index contributed by atoms with van der Waals surface area (Å²) in [7, 11) is 0. The molecule has 0 aromatic heterocycles. The van der Waals surface area contributed by atoms with E-state index in [2.05, 4.69) is 0 Å². The lowest BCUT2D eigenvalue weighted by Gasteiger charge is -2.34. The molecule has 1 unspecified atom stereocenters. The molecule has 24 heavy (non-hydrogen) atoms. The second-order valence-corrected chi connectivity index (χ2v) is 5.64. The minimum absolute atomic E-state index is 0.0368. The van der Waals surface area contributed by atoms with Crippen molar-refractivity contribution >= 4 is 23.0 Å². The Balaban J connectivity index is 2.65. The number of piperidine rings is 1.